The minimum absolute atomic E-state index is 0.0596. The molecular formula is C20H18ClN3O3S. The van der Waals surface area contributed by atoms with Gasteiger partial charge in [-0.15, -0.1) is 0 Å². The second kappa shape index (κ2) is 8.86. The van der Waals surface area contributed by atoms with E-state index in [2.05, 4.69) is 16.0 Å². The van der Waals surface area contributed by atoms with E-state index in [4.69, 9.17) is 28.2 Å². The zero-order valence-electron chi connectivity index (χ0n) is 15.0. The highest BCUT2D eigenvalue weighted by atomic mass is 35.5. The molecule has 0 spiro atoms. The van der Waals surface area contributed by atoms with Gasteiger partial charge in [-0.3, -0.25) is 14.9 Å². The molecule has 0 saturated heterocycles. The molecule has 0 radical (unpaired) electrons. The Hall–Kier alpha value is -2.90. The number of halogens is 1. The van der Waals surface area contributed by atoms with E-state index in [1.807, 2.05) is 25.1 Å². The first-order valence-corrected chi connectivity index (χ1v) is 9.45. The molecule has 1 aromatic heterocycles. The second-order valence-electron chi connectivity index (χ2n) is 6.05. The summed E-state index contributed by atoms with van der Waals surface area (Å²) < 4.78 is 5.52. The Balaban J connectivity index is 1.66. The Morgan fingerprint density at radius 3 is 2.64 bits per heavy atom. The molecule has 0 saturated carbocycles. The van der Waals surface area contributed by atoms with E-state index < -0.39 is 5.91 Å². The molecule has 0 bridgehead atoms. The first kappa shape index (κ1) is 19.9. The highest BCUT2D eigenvalue weighted by Gasteiger charge is 2.14. The summed E-state index contributed by atoms with van der Waals surface area (Å²) in [5, 5.41) is 9.48. The van der Waals surface area contributed by atoms with Crippen LogP contribution in [0.5, 0.6) is 0 Å². The Bertz CT molecular complexity index is 1020. The van der Waals surface area contributed by atoms with Gasteiger partial charge < -0.3 is 15.1 Å². The van der Waals surface area contributed by atoms with Crippen molar-refractivity contribution in [1.29, 1.82) is 0 Å². The van der Waals surface area contributed by atoms with E-state index in [9.17, 15) is 9.59 Å². The first-order valence-electron chi connectivity index (χ1n) is 8.66. The van der Waals surface area contributed by atoms with Crippen molar-refractivity contribution in [3.05, 3.63) is 59.3 Å². The van der Waals surface area contributed by atoms with Gasteiger partial charge in [0.1, 0.15) is 5.58 Å². The van der Waals surface area contributed by atoms with Gasteiger partial charge in [0.05, 0.1) is 10.7 Å². The average Bonchev–Trinajstić information content (AvgIpc) is 3.09. The molecule has 0 aliphatic rings. The molecule has 8 heteroatoms. The van der Waals surface area contributed by atoms with Crippen molar-refractivity contribution in [3.8, 4) is 0 Å². The van der Waals surface area contributed by atoms with Crippen molar-refractivity contribution in [2.75, 3.05) is 10.6 Å². The number of benzene rings is 2. The number of amides is 2. The van der Waals surface area contributed by atoms with E-state index in [0.717, 1.165) is 11.8 Å². The standard InChI is InChI=1S/C20H18ClN3O3S/c1-2-5-18(25)22-13-8-9-14(21)15(11-13)23-20(28)24-19(26)17-10-12-6-3-4-7-16(12)27-17/h3-4,6-11H,2,5H2,1H3,(H,22,25)(H2,23,24,26,28). The van der Waals surface area contributed by atoms with Crippen LogP contribution in [0.1, 0.15) is 30.3 Å². The fourth-order valence-electron chi connectivity index (χ4n) is 2.56. The third-order valence-corrected chi connectivity index (χ3v) is 4.39. The SMILES string of the molecule is CCCC(=O)Nc1ccc(Cl)c(NC(=S)NC(=O)c2cc3ccccc3o2)c1. The van der Waals surface area contributed by atoms with Crippen molar-refractivity contribution in [3.63, 3.8) is 0 Å². The molecule has 0 aliphatic carbocycles. The van der Waals surface area contributed by atoms with Gasteiger partial charge in [0.15, 0.2) is 10.9 Å². The van der Waals surface area contributed by atoms with Crippen LogP contribution >= 0.6 is 23.8 Å². The number of para-hydroxylation sites is 1. The topological polar surface area (TPSA) is 83.4 Å². The maximum atomic E-state index is 12.4. The van der Waals surface area contributed by atoms with Gasteiger partial charge in [-0.25, -0.2) is 0 Å². The largest absolute Gasteiger partial charge is 0.451 e. The zero-order valence-corrected chi connectivity index (χ0v) is 16.6. The Morgan fingerprint density at radius 1 is 1.11 bits per heavy atom. The lowest BCUT2D eigenvalue weighted by Gasteiger charge is -2.12. The predicted octanol–water partition coefficient (Wildman–Crippen LogP) is 4.95. The summed E-state index contributed by atoms with van der Waals surface area (Å²) in [5.41, 5.74) is 1.66. The molecule has 0 atom stereocenters. The number of furan rings is 1. The van der Waals surface area contributed by atoms with Gasteiger partial charge in [0, 0.05) is 17.5 Å². The normalized spacial score (nSPS) is 10.5. The maximum Gasteiger partial charge on any atom is 0.293 e. The summed E-state index contributed by atoms with van der Waals surface area (Å²) in [7, 11) is 0. The van der Waals surface area contributed by atoms with E-state index in [1.54, 1.807) is 30.3 Å². The van der Waals surface area contributed by atoms with Crippen LogP contribution in [0, 0.1) is 0 Å². The first-order chi connectivity index (χ1) is 13.5. The van der Waals surface area contributed by atoms with Gasteiger partial charge >= 0.3 is 0 Å². The number of nitrogens with one attached hydrogen (secondary N) is 3. The van der Waals surface area contributed by atoms with Crippen LogP contribution in [-0.2, 0) is 4.79 Å². The summed E-state index contributed by atoms with van der Waals surface area (Å²) in [6.45, 7) is 1.93. The molecule has 2 aromatic carbocycles. The molecule has 3 rings (SSSR count). The molecule has 28 heavy (non-hydrogen) atoms. The van der Waals surface area contributed by atoms with Gasteiger partial charge in [0.2, 0.25) is 5.91 Å². The lowest BCUT2D eigenvalue weighted by atomic mass is 10.2. The molecular weight excluding hydrogens is 398 g/mol. The number of carbonyl (C=O) groups excluding carboxylic acids is 2. The number of anilines is 2. The molecule has 2 amide bonds. The number of hydrogen-bond acceptors (Lipinski definition) is 4. The van der Waals surface area contributed by atoms with Crippen molar-refractivity contribution < 1.29 is 14.0 Å². The average molecular weight is 416 g/mol. The summed E-state index contributed by atoms with van der Waals surface area (Å²) in [4.78, 5) is 24.1. The number of carbonyl (C=O) groups is 2. The molecule has 144 valence electrons. The number of rotatable bonds is 5. The van der Waals surface area contributed by atoms with Crippen molar-refractivity contribution in [2.24, 2.45) is 0 Å². The van der Waals surface area contributed by atoms with E-state index in [-0.39, 0.29) is 16.8 Å². The summed E-state index contributed by atoms with van der Waals surface area (Å²) in [5.74, 6) is -0.411. The molecule has 6 nitrogen and oxygen atoms in total. The molecule has 0 unspecified atom stereocenters. The molecule has 3 N–H and O–H groups in total. The van der Waals surface area contributed by atoms with Crippen LogP contribution in [0.2, 0.25) is 5.02 Å². The smallest absolute Gasteiger partial charge is 0.293 e. The lowest BCUT2D eigenvalue weighted by molar-refractivity contribution is -0.116. The summed E-state index contributed by atoms with van der Waals surface area (Å²) in [6, 6.07) is 13.9. The summed E-state index contributed by atoms with van der Waals surface area (Å²) in [6.07, 6.45) is 1.18. The maximum absolute atomic E-state index is 12.4. The predicted molar refractivity (Wildman–Crippen MR) is 115 cm³/mol. The number of thiocarbonyl (C=S) groups is 1. The van der Waals surface area contributed by atoms with Crippen LogP contribution in [0.25, 0.3) is 11.0 Å². The highest BCUT2D eigenvalue weighted by molar-refractivity contribution is 7.80. The molecule has 1 heterocycles. The van der Waals surface area contributed by atoms with E-state index in [0.29, 0.717) is 28.4 Å². The van der Waals surface area contributed by atoms with Crippen LogP contribution in [0.3, 0.4) is 0 Å². The summed E-state index contributed by atoms with van der Waals surface area (Å²) >= 11 is 11.4. The van der Waals surface area contributed by atoms with Crippen LogP contribution in [0.4, 0.5) is 11.4 Å². The fourth-order valence-corrected chi connectivity index (χ4v) is 2.93. The van der Waals surface area contributed by atoms with Crippen LogP contribution in [0.15, 0.2) is 52.9 Å². The monoisotopic (exact) mass is 415 g/mol. The molecule has 0 fully saturated rings. The van der Waals surface area contributed by atoms with E-state index >= 15 is 0 Å². The highest BCUT2D eigenvalue weighted by Crippen LogP contribution is 2.26. The third-order valence-electron chi connectivity index (χ3n) is 3.85. The van der Waals surface area contributed by atoms with Crippen molar-refractivity contribution in [2.45, 2.75) is 19.8 Å². The van der Waals surface area contributed by atoms with E-state index in [1.165, 1.54) is 0 Å². The fraction of sp³-hybridized carbons (Fsp3) is 0.150. The third kappa shape index (κ3) is 4.88. The van der Waals surface area contributed by atoms with Crippen molar-refractivity contribution in [1.82, 2.24) is 5.32 Å². The Labute approximate surface area is 172 Å². The second-order valence-corrected chi connectivity index (χ2v) is 6.86. The van der Waals surface area contributed by atoms with Crippen LogP contribution in [-0.4, -0.2) is 16.9 Å². The van der Waals surface area contributed by atoms with Gasteiger partial charge in [0.25, 0.3) is 5.91 Å². The minimum atomic E-state index is -0.475. The quantitative estimate of drug-likeness (QED) is 0.513. The Kier molecular flexibility index (Phi) is 6.28. The molecule has 3 aromatic rings. The number of hydrogen-bond donors (Lipinski definition) is 3. The Morgan fingerprint density at radius 2 is 1.89 bits per heavy atom. The lowest BCUT2D eigenvalue weighted by Crippen LogP contribution is -2.34. The van der Waals surface area contributed by atoms with Crippen molar-refractivity contribution >= 4 is 63.1 Å². The van der Waals surface area contributed by atoms with Gasteiger partial charge in [-0.1, -0.05) is 36.7 Å². The van der Waals surface area contributed by atoms with Crippen LogP contribution < -0.4 is 16.0 Å². The number of fused-ring (bicyclic) bond motifs is 1. The van der Waals surface area contributed by atoms with Gasteiger partial charge in [-0.05, 0) is 49.0 Å². The minimum Gasteiger partial charge on any atom is -0.451 e. The van der Waals surface area contributed by atoms with Gasteiger partial charge in [-0.2, -0.15) is 0 Å². The zero-order chi connectivity index (χ0) is 20.1. The molecule has 0 aliphatic heterocycles.